The first-order valence-corrected chi connectivity index (χ1v) is 7.63. The van der Waals surface area contributed by atoms with Crippen LogP contribution in [0.25, 0.3) is 0 Å². The highest BCUT2D eigenvalue weighted by atomic mass is 16.5. The third kappa shape index (κ3) is 4.39. The molecule has 2 rings (SSSR count). The Bertz CT molecular complexity index is 541. The molecule has 0 bridgehead atoms. The second-order valence-electron chi connectivity index (χ2n) is 5.24. The fraction of sp³-hybridized carbons (Fsp3) is 0.471. The summed E-state index contributed by atoms with van der Waals surface area (Å²) in [5, 5.41) is 0. The molecule has 0 saturated carbocycles. The summed E-state index contributed by atoms with van der Waals surface area (Å²) in [5.41, 5.74) is 0.978. The number of carbonyl (C=O) groups excluding carboxylic acids is 1. The minimum absolute atomic E-state index is 0.00276. The minimum atomic E-state index is 0.00276. The van der Waals surface area contributed by atoms with Crippen LogP contribution in [0.2, 0.25) is 0 Å². The number of carbonyl (C=O) groups is 1. The third-order valence-corrected chi connectivity index (χ3v) is 3.72. The van der Waals surface area contributed by atoms with Crippen molar-refractivity contribution >= 4 is 6.03 Å². The average Bonchev–Trinajstić information content (AvgIpc) is 2.61. The molecule has 1 heterocycles. The first kappa shape index (κ1) is 17.1. The Labute approximate surface area is 137 Å². The van der Waals surface area contributed by atoms with Crippen LogP contribution >= 0.6 is 0 Å². The molecular weight excluding hydrogens is 296 g/mol. The Balaban J connectivity index is 2.12. The van der Waals surface area contributed by atoms with E-state index in [1.165, 1.54) is 0 Å². The molecule has 2 amide bonds. The highest BCUT2D eigenvalue weighted by Gasteiger charge is 2.22. The van der Waals surface area contributed by atoms with Crippen LogP contribution in [0.4, 0.5) is 4.79 Å². The molecule has 0 aromatic heterocycles. The number of methoxy groups -OCH3 is 2. The molecule has 1 aromatic rings. The normalized spacial score (nSPS) is 14.3. The van der Waals surface area contributed by atoms with Crippen LogP contribution in [0.1, 0.15) is 5.56 Å². The number of amides is 2. The number of nitrogens with zero attached hydrogens (tertiary/aromatic N) is 2. The molecule has 1 saturated heterocycles. The van der Waals surface area contributed by atoms with Gasteiger partial charge < -0.3 is 24.0 Å². The van der Waals surface area contributed by atoms with E-state index < -0.39 is 0 Å². The first-order chi connectivity index (χ1) is 11.2. The summed E-state index contributed by atoms with van der Waals surface area (Å²) in [4.78, 5) is 16.2. The van der Waals surface area contributed by atoms with E-state index in [-0.39, 0.29) is 6.03 Å². The quantitative estimate of drug-likeness (QED) is 0.754. The van der Waals surface area contributed by atoms with E-state index in [1.807, 2.05) is 23.1 Å². The Morgan fingerprint density at radius 1 is 1.30 bits per heavy atom. The topological polar surface area (TPSA) is 51.2 Å². The van der Waals surface area contributed by atoms with Gasteiger partial charge in [-0.2, -0.15) is 0 Å². The molecule has 6 nitrogen and oxygen atoms in total. The molecule has 0 atom stereocenters. The Morgan fingerprint density at radius 2 is 2.00 bits per heavy atom. The van der Waals surface area contributed by atoms with Gasteiger partial charge in [0.05, 0.1) is 27.4 Å². The molecule has 6 heteroatoms. The maximum atomic E-state index is 12.7. The fourth-order valence-corrected chi connectivity index (χ4v) is 2.52. The molecule has 0 unspecified atom stereocenters. The predicted octanol–water partition coefficient (Wildman–Crippen LogP) is 2.14. The smallest absolute Gasteiger partial charge is 0.320 e. The second kappa shape index (κ2) is 8.43. The van der Waals surface area contributed by atoms with Crippen LogP contribution in [-0.2, 0) is 11.3 Å². The van der Waals surface area contributed by atoms with Crippen LogP contribution < -0.4 is 9.47 Å². The van der Waals surface area contributed by atoms with Crippen molar-refractivity contribution in [3.8, 4) is 11.5 Å². The fourth-order valence-electron chi connectivity index (χ4n) is 2.52. The first-order valence-electron chi connectivity index (χ1n) is 7.63. The number of morpholine rings is 1. The molecule has 1 aromatic carbocycles. The maximum Gasteiger partial charge on any atom is 0.320 e. The predicted molar refractivity (Wildman–Crippen MR) is 87.9 cm³/mol. The maximum absolute atomic E-state index is 12.7. The zero-order valence-corrected chi connectivity index (χ0v) is 13.8. The van der Waals surface area contributed by atoms with Gasteiger partial charge in [0, 0.05) is 26.2 Å². The summed E-state index contributed by atoms with van der Waals surface area (Å²) in [6, 6.07) is 5.67. The Kier molecular flexibility index (Phi) is 6.29. The summed E-state index contributed by atoms with van der Waals surface area (Å²) in [6.07, 6.45) is 1.74. The number of hydrogen-bond acceptors (Lipinski definition) is 4. The molecule has 0 N–H and O–H groups in total. The van der Waals surface area contributed by atoms with Crippen molar-refractivity contribution in [2.24, 2.45) is 0 Å². The summed E-state index contributed by atoms with van der Waals surface area (Å²) >= 11 is 0. The van der Waals surface area contributed by atoms with Gasteiger partial charge in [-0.1, -0.05) is 12.1 Å². The summed E-state index contributed by atoms with van der Waals surface area (Å²) in [6.45, 7) is 7.15. The molecule has 1 aliphatic rings. The van der Waals surface area contributed by atoms with Crippen molar-refractivity contribution in [3.05, 3.63) is 36.4 Å². The Hall–Kier alpha value is -2.21. The van der Waals surface area contributed by atoms with Gasteiger partial charge in [0.15, 0.2) is 11.5 Å². The lowest BCUT2D eigenvalue weighted by Crippen LogP contribution is -2.47. The van der Waals surface area contributed by atoms with Crippen LogP contribution in [-0.4, -0.2) is 62.9 Å². The highest BCUT2D eigenvalue weighted by Crippen LogP contribution is 2.28. The molecule has 1 fully saturated rings. The molecule has 23 heavy (non-hydrogen) atoms. The van der Waals surface area contributed by atoms with E-state index in [4.69, 9.17) is 14.2 Å². The summed E-state index contributed by atoms with van der Waals surface area (Å²) < 4.78 is 15.9. The number of rotatable bonds is 6. The van der Waals surface area contributed by atoms with Crippen molar-refractivity contribution in [1.82, 2.24) is 9.80 Å². The highest BCUT2D eigenvalue weighted by molar-refractivity contribution is 5.74. The lowest BCUT2D eigenvalue weighted by Gasteiger charge is -2.32. The summed E-state index contributed by atoms with van der Waals surface area (Å²) in [5.74, 6) is 1.33. The molecule has 126 valence electrons. The van der Waals surface area contributed by atoms with Gasteiger partial charge in [-0.3, -0.25) is 0 Å². The van der Waals surface area contributed by atoms with Crippen molar-refractivity contribution in [2.75, 3.05) is 47.1 Å². The van der Waals surface area contributed by atoms with Gasteiger partial charge in [-0.05, 0) is 17.7 Å². The molecule has 0 radical (unpaired) electrons. The van der Waals surface area contributed by atoms with Gasteiger partial charge in [0.2, 0.25) is 0 Å². The number of urea groups is 1. The van der Waals surface area contributed by atoms with Crippen LogP contribution in [0.5, 0.6) is 11.5 Å². The van der Waals surface area contributed by atoms with E-state index in [0.29, 0.717) is 50.9 Å². The largest absolute Gasteiger partial charge is 0.493 e. The molecular formula is C17H24N2O4. The zero-order valence-electron chi connectivity index (χ0n) is 13.8. The van der Waals surface area contributed by atoms with E-state index in [0.717, 1.165) is 5.56 Å². The van der Waals surface area contributed by atoms with Crippen molar-refractivity contribution in [3.63, 3.8) is 0 Å². The Morgan fingerprint density at radius 3 is 2.61 bits per heavy atom. The lowest BCUT2D eigenvalue weighted by atomic mass is 10.2. The van der Waals surface area contributed by atoms with Gasteiger partial charge in [0.25, 0.3) is 0 Å². The molecule has 1 aliphatic heterocycles. The standard InChI is InChI=1S/C17H24N2O4/c1-4-7-19(17(20)18-8-10-23-11-9-18)13-14-5-6-15(21-2)16(12-14)22-3/h4-6,12H,1,7-11,13H2,2-3H3. The number of hydrogen-bond donors (Lipinski definition) is 0. The van der Waals surface area contributed by atoms with E-state index in [9.17, 15) is 4.79 Å². The van der Waals surface area contributed by atoms with Gasteiger partial charge >= 0.3 is 6.03 Å². The monoisotopic (exact) mass is 320 g/mol. The van der Waals surface area contributed by atoms with Gasteiger partial charge in [-0.15, -0.1) is 6.58 Å². The molecule has 0 spiro atoms. The SMILES string of the molecule is C=CCN(Cc1ccc(OC)c(OC)c1)C(=O)N1CCOCC1. The lowest BCUT2D eigenvalue weighted by molar-refractivity contribution is 0.0436. The van der Waals surface area contributed by atoms with Crippen LogP contribution in [0.3, 0.4) is 0 Å². The van der Waals surface area contributed by atoms with Gasteiger partial charge in [-0.25, -0.2) is 4.79 Å². The van der Waals surface area contributed by atoms with Crippen molar-refractivity contribution in [2.45, 2.75) is 6.54 Å². The van der Waals surface area contributed by atoms with Crippen molar-refractivity contribution in [1.29, 1.82) is 0 Å². The number of benzene rings is 1. The van der Waals surface area contributed by atoms with E-state index in [1.54, 1.807) is 25.2 Å². The zero-order chi connectivity index (χ0) is 16.7. The third-order valence-electron chi connectivity index (χ3n) is 3.72. The summed E-state index contributed by atoms with van der Waals surface area (Å²) in [7, 11) is 3.20. The van der Waals surface area contributed by atoms with Crippen LogP contribution in [0, 0.1) is 0 Å². The van der Waals surface area contributed by atoms with Crippen molar-refractivity contribution < 1.29 is 19.0 Å². The molecule has 0 aliphatic carbocycles. The van der Waals surface area contributed by atoms with E-state index in [2.05, 4.69) is 6.58 Å². The number of ether oxygens (including phenoxy) is 3. The van der Waals surface area contributed by atoms with Crippen LogP contribution in [0.15, 0.2) is 30.9 Å². The van der Waals surface area contributed by atoms with Gasteiger partial charge in [0.1, 0.15) is 0 Å². The average molecular weight is 320 g/mol. The second-order valence-corrected chi connectivity index (χ2v) is 5.24. The minimum Gasteiger partial charge on any atom is -0.493 e. The van der Waals surface area contributed by atoms with E-state index >= 15 is 0 Å².